The van der Waals surface area contributed by atoms with Crippen LogP contribution in [0.15, 0.2) is 0 Å². The number of carbonyl (C=O) groups is 2. The van der Waals surface area contributed by atoms with Crippen molar-refractivity contribution in [1.29, 1.82) is 0 Å². The minimum absolute atomic E-state index is 0.120. The molecule has 1 aliphatic heterocycles. The van der Waals surface area contributed by atoms with Gasteiger partial charge in [-0.05, 0) is 19.8 Å². The quantitative estimate of drug-likeness (QED) is 0.708. The summed E-state index contributed by atoms with van der Waals surface area (Å²) in [5.41, 5.74) is 5.24. The van der Waals surface area contributed by atoms with Crippen molar-refractivity contribution >= 4 is 11.8 Å². The topological polar surface area (TPSA) is 63.4 Å². The highest BCUT2D eigenvalue weighted by Gasteiger charge is 2.45. The monoisotopic (exact) mass is 212 g/mol. The molecule has 0 spiro atoms. The zero-order chi connectivity index (χ0) is 11.6. The highest BCUT2D eigenvalue weighted by Crippen LogP contribution is 2.30. The lowest BCUT2D eigenvalue weighted by atomic mass is 9.91. The van der Waals surface area contributed by atoms with E-state index in [9.17, 15) is 9.59 Å². The molecule has 0 bridgehead atoms. The third kappa shape index (κ3) is 2.04. The predicted octanol–water partition coefficient (Wildman–Crippen LogP) is 1.04. The summed E-state index contributed by atoms with van der Waals surface area (Å²) in [5, 5.41) is 0. The smallest absolute Gasteiger partial charge is 0.247 e. The first kappa shape index (κ1) is 12.2. The lowest BCUT2D eigenvalue weighted by Crippen LogP contribution is -2.50. The van der Waals surface area contributed by atoms with Crippen molar-refractivity contribution in [2.24, 2.45) is 5.73 Å². The number of hydrogen-bond acceptors (Lipinski definition) is 3. The molecule has 0 aromatic heterocycles. The van der Waals surface area contributed by atoms with Crippen LogP contribution in [0.3, 0.4) is 0 Å². The molecule has 2 unspecified atom stereocenters. The van der Waals surface area contributed by atoms with E-state index in [0.717, 1.165) is 19.3 Å². The maximum absolute atomic E-state index is 11.8. The molecule has 0 aromatic carbocycles. The summed E-state index contributed by atoms with van der Waals surface area (Å²) in [7, 11) is 0. The molecule has 0 radical (unpaired) electrons. The number of amides is 2. The second kappa shape index (κ2) is 4.31. The van der Waals surface area contributed by atoms with Crippen LogP contribution in [-0.4, -0.2) is 28.3 Å². The van der Waals surface area contributed by atoms with Crippen LogP contribution in [0.4, 0.5) is 0 Å². The number of nitrogens with two attached hydrogens (primary N) is 1. The Labute approximate surface area is 90.8 Å². The maximum Gasteiger partial charge on any atom is 0.247 e. The van der Waals surface area contributed by atoms with Crippen molar-refractivity contribution in [3.63, 3.8) is 0 Å². The van der Waals surface area contributed by atoms with Gasteiger partial charge in [0, 0.05) is 5.54 Å². The van der Waals surface area contributed by atoms with Crippen LogP contribution in [0.2, 0.25) is 0 Å². The molecule has 2 N–H and O–H groups in total. The lowest BCUT2D eigenvalue weighted by molar-refractivity contribution is -0.145. The average Bonchev–Trinajstić information content (AvgIpc) is 2.42. The molecule has 4 heteroatoms. The normalized spacial score (nSPS) is 25.9. The summed E-state index contributed by atoms with van der Waals surface area (Å²) in [5.74, 6) is -0.330. The van der Waals surface area contributed by atoms with Crippen molar-refractivity contribution in [2.45, 2.75) is 58.0 Å². The van der Waals surface area contributed by atoms with Gasteiger partial charge in [0.15, 0.2) is 0 Å². The zero-order valence-corrected chi connectivity index (χ0v) is 9.75. The van der Waals surface area contributed by atoms with Gasteiger partial charge in [-0.25, -0.2) is 0 Å². The van der Waals surface area contributed by atoms with Gasteiger partial charge in [-0.1, -0.05) is 20.3 Å². The second-order valence-electron chi connectivity index (χ2n) is 4.48. The van der Waals surface area contributed by atoms with Crippen molar-refractivity contribution in [1.82, 2.24) is 4.90 Å². The highest BCUT2D eigenvalue weighted by molar-refractivity contribution is 6.06. The standard InChI is InChI=1S/C11H20N2O2/c1-4-6-11(3,5-2)13-9(14)7-8(12)10(13)15/h8H,4-7,12H2,1-3H3. The van der Waals surface area contributed by atoms with Crippen molar-refractivity contribution in [3.8, 4) is 0 Å². The van der Waals surface area contributed by atoms with Gasteiger partial charge in [0.1, 0.15) is 0 Å². The Morgan fingerprint density at radius 2 is 2.07 bits per heavy atom. The first-order valence-corrected chi connectivity index (χ1v) is 5.58. The Morgan fingerprint density at radius 1 is 1.47 bits per heavy atom. The molecule has 86 valence electrons. The van der Waals surface area contributed by atoms with Gasteiger partial charge in [0.2, 0.25) is 11.8 Å². The Hall–Kier alpha value is -0.900. The van der Waals surface area contributed by atoms with Gasteiger partial charge < -0.3 is 5.73 Å². The molecule has 2 amide bonds. The van der Waals surface area contributed by atoms with E-state index in [2.05, 4.69) is 6.92 Å². The largest absolute Gasteiger partial charge is 0.319 e. The molecule has 1 aliphatic rings. The van der Waals surface area contributed by atoms with Gasteiger partial charge in [-0.15, -0.1) is 0 Å². The molecule has 1 fully saturated rings. The summed E-state index contributed by atoms with van der Waals surface area (Å²) in [6.45, 7) is 6.02. The maximum atomic E-state index is 11.8. The molecule has 1 rings (SSSR count). The van der Waals surface area contributed by atoms with E-state index >= 15 is 0 Å². The predicted molar refractivity (Wildman–Crippen MR) is 58.0 cm³/mol. The molecular weight excluding hydrogens is 192 g/mol. The third-order valence-electron chi connectivity index (χ3n) is 3.27. The van der Waals surface area contributed by atoms with Crippen LogP contribution in [0.1, 0.15) is 46.5 Å². The molecule has 1 saturated heterocycles. The third-order valence-corrected chi connectivity index (χ3v) is 3.27. The lowest BCUT2D eigenvalue weighted by Gasteiger charge is -2.36. The second-order valence-corrected chi connectivity index (χ2v) is 4.48. The van der Waals surface area contributed by atoms with Crippen LogP contribution in [-0.2, 0) is 9.59 Å². The van der Waals surface area contributed by atoms with Crippen molar-refractivity contribution in [3.05, 3.63) is 0 Å². The van der Waals surface area contributed by atoms with Gasteiger partial charge >= 0.3 is 0 Å². The number of nitrogens with zero attached hydrogens (tertiary/aromatic N) is 1. The molecule has 2 atom stereocenters. The van der Waals surface area contributed by atoms with E-state index in [1.807, 2.05) is 13.8 Å². The highest BCUT2D eigenvalue weighted by atomic mass is 16.2. The fraction of sp³-hybridized carbons (Fsp3) is 0.818. The number of hydrogen-bond donors (Lipinski definition) is 1. The molecule has 0 aliphatic carbocycles. The molecule has 1 heterocycles. The minimum Gasteiger partial charge on any atom is -0.319 e. The summed E-state index contributed by atoms with van der Waals surface area (Å²) in [6, 6.07) is -0.625. The summed E-state index contributed by atoms with van der Waals surface area (Å²) >= 11 is 0. The minimum atomic E-state index is -0.625. The van der Waals surface area contributed by atoms with E-state index in [4.69, 9.17) is 5.73 Å². The van der Waals surface area contributed by atoms with E-state index in [1.54, 1.807) is 0 Å². The van der Waals surface area contributed by atoms with Crippen LogP contribution in [0, 0.1) is 0 Å². The Morgan fingerprint density at radius 3 is 2.40 bits per heavy atom. The van der Waals surface area contributed by atoms with Crippen LogP contribution in [0.5, 0.6) is 0 Å². The Kier molecular flexibility index (Phi) is 3.50. The zero-order valence-electron chi connectivity index (χ0n) is 9.75. The number of likely N-dealkylation sites (tertiary alicyclic amines) is 1. The SMILES string of the molecule is CCCC(C)(CC)N1C(=O)CC(N)C1=O. The number of carbonyl (C=O) groups excluding carboxylic acids is 2. The number of imide groups is 1. The van der Waals surface area contributed by atoms with Crippen molar-refractivity contribution < 1.29 is 9.59 Å². The summed E-state index contributed by atoms with van der Waals surface area (Å²) < 4.78 is 0. The van der Waals surface area contributed by atoms with Gasteiger partial charge in [0.25, 0.3) is 0 Å². The van der Waals surface area contributed by atoms with Gasteiger partial charge in [0.05, 0.1) is 12.5 Å². The molecule has 0 aromatic rings. The summed E-state index contributed by atoms with van der Waals surface area (Å²) in [6.07, 6.45) is 2.74. The first-order valence-electron chi connectivity index (χ1n) is 5.58. The number of rotatable bonds is 4. The van der Waals surface area contributed by atoms with E-state index < -0.39 is 6.04 Å². The van der Waals surface area contributed by atoms with Gasteiger partial charge in [-0.2, -0.15) is 0 Å². The fourth-order valence-electron chi connectivity index (χ4n) is 2.21. The average molecular weight is 212 g/mol. The van der Waals surface area contributed by atoms with Gasteiger partial charge in [-0.3, -0.25) is 14.5 Å². The molecule has 15 heavy (non-hydrogen) atoms. The molecule has 4 nitrogen and oxygen atoms in total. The molecule has 0 saturated carbocycles. The van der Waals surface area contributed by atoms with E-state index in [-0.39, 0.29) is 23.8 Å². The Bertz CT molecular complexity index is 278. The fourth-order valence-corrected chi connectivity index (χ4v) is 2.21. The Balaban J connectivity index is 2.93. The summed E-state index contributed by atoms with van der Waals surface area (Å²) in [4.78, 5) is 24.9. The van der Waals surface area contributed by atoms with Crippen molar-refractivity contribution in [2.75, 3.05) is 0 Å². The van der Waals surface area contributed by atoms with Crippen LogP contribution < -0.4 is 5.73 Å². The van der Waals surface area contributed by atoms with Crippen LogP contribution in [0.25, 0.3) is 0 Å². The van der Waals surface area contributed by atoms with E-state index in [0.29, 0.717) is 0 Å². The first-order chi connectivity index (χ1) is 6.96. The molecular formula is C11H20N2O2. The van der Waals surface area contributed by atoms with Crippen LogP contribution >= 0.6 is 0 Å². The van der Waals surface area contributed by atoms with E-state index in [1.165, 1.54) is 4.90 Å².